The van der Waals surface area contributed by atoms with Gasteiger partial charge in [-0.15, -0.1) is 0 Å². The van der Waals surface area contributed by atoms with Crippen LogP contribution in [0.15, 0.2) is 52.3 Å². The maximum atomic E-state index is 6.05. The summed E-state index contributed by atoms with van der Waals surface area (Å²) in [7, 11) is 0. The molecule has 0 saturated carbocycles. The molecule has 0 aliphatic rings. The smallest absolute Gasteiger partial charge is 0.0603 e. The van der Waals surface area contributed by atoms with Crippen LogP contribution in [0.1, 0.15) is 12.5 Å². The zero-order valence-electron chi connectivity index (χ0n) is 10.6. The van der Waals surface area contributed by atoms with Crippen molar-refractivity contribution in [2.75, 3.05) is 6.54 Å². The Morgan fingerprint density at radius 1 is 1.05 bits per heavy atom. The van der Waals surface area contributed by atoms with E-state index in [1.54, 1.807) is 11.8 Å². The van der Waals surface area contributed by atoms with Gasteiger partial charge in [-0.3, -0.25) is 0 Å². The highest BCUT2D eigenvalue weighted by atomic mass is 35.5. The lowest BCUT2D eigenvalue weighted by Crippen LogP contribution is -2.12. The maximum Gasteiger partial charge on any atom is 0.0603 e. The van der Waals surface area contributed by atoms with Crippen LogP contribution in [0, 0.1) is 0 Å². The molecule has 1 nitrogen and oxygen atoms in total. The van der Waals surface area contributed by atoms with Crippen LogP contribution in [0.25, 0.3) is 0 Å². The van der Waals surface area contributed by atoms with Crippen LogP contribution in [0.2, 0.25) is 10.0 Å². The summed E-state index contributed by atoms with van der Waals surface area (Å²) < 4.78 is 0. The van der Waals surface area contributed by atoms with Crippen molar-refractivity contribution in [2.45, 2.75) is 23.3 Å². The normalized spacial score (nSPS) is 10.7. The highest BCUT2D eigenvalue weighted by Gasteiger charge is 2.05. The number of nitrogens with one attached hydrogen (secondary N) is 1. The Labute approximate surface area is 128 Å². The Hall–Kier alpha value is -0.670. The Morgan fingerprint density at radius 2 is 1.84 bits per heavy atom. The average molecular weight is 312 g/mol. The molecule has 0 saturated heterocycles. The van der Waals surface area contributed by atoms with Gasteiger partial charge in [0.15, 0.2) is 0 Å². The lowest BCUT2D eigenvalue weighted by molar-refractivity contribution is 0.718. The highest BCUT2D eigenvalue weighted by Crippen LogP contribution is 2.34. The Balaban J connectivity index is 2.20. The second-order valence-corrected chi connectivity index (χ2v) is 6.00. The zero-order valence-corrected chi connectivity index (χ0v) is 12.9. The topological polar surface area (TPSA) is 12.0 Å². The largest absolute Gasteiger partial charge is 0.313 e. The first-order valence-corrected chi connectivity index (χ1v) is 7.69. The van der Waals surface area contributed by atoms with Crippen LogP contribution >= 0.6 is 35.0 Å². The standard InChI is InChI=1S/C15H15Cl2NS/c1-2-18-10-11-5-3-4-6-15(11)19-12-7-8-13(16)14(17)9-12/h3-9,18H,2,10H2,1H3. The summed E-state index contributed by atoms with van der Waals surface area (Å²) in [5.74, 6) is 0. The third-order valence-electron chi connectivity index (χ3n) is 2.66. The summed E-state index contributed by atoms with van der Waals surface area (Å²) in [5.41, 5.74) is 1.29. The van der Waals surface area contributed by atoms with Crippen molar-refractivity contribution in [3.05, 3.63) is 58.1 Å². The predicted octanol–water partition coefficient (Wildman–Crippen LogP) is 5.25. The first-order chi connectivity index (χ1) is 9.20. The van der Waals surface area contributed by atoms with Gasteiger partial charge < -0.3 is 5.32 Å². The fraction of sp³-hybridized carbons (Fsp3) is 0.200. The van der Waals surface area contributed by atoms with Crippen LogP contribution in [0.4, 0.5) is 0 Å². The molecule has 2 rings (SSSR count). The summed E-state index contributed by atoms with van der Waals surface area (Å²) in [4.78, 5) is 2.33. The van der Waals surface area contributed by atoms with Gasteiger partial charge in [-0.1, -0.05) is 60.1 Å². The van der Waals surface area contributed by atoms with E-state index in [1.165, 1.54) is 10.5 Å². The summed E-state index contributed by atoms with van der Waals surface area (Å²) in [6, 6.07) is 14.1. The molecule has 1 N–H and O–H groups in total. The molecule has 0 fully saturated rings. The van der Waals surface area contributed by atoms with E-state index in [4.69, 9.17) is 23.2 Å². The Kier molecular flexibility index (Phi) is 5.59. The maximum absolute atomic E-state index is 6.05. The van der Waals surface area contributed by atoms with Crippen LogP contribution < -0.4 is 5.32 Å². The molecule has 0 aliphatic heterocycles. The first-order valence-electron chi connectivity index (χ1n) is 6.12. The molecule has 100 valence electrons. The molecule has 0 amide bonds. The fourth-order valence-electron chi connectivity index (χ4n) is 1.68. The monoisotopic (exact) mass is 311 g/mol. The molecular weight excluding hydrogens is 297 g/mol. The van der Waals surface area contributed by atoms with Gasteiger partial charge in [0, 0.05) is 16.3 Å². The van der Waals surface area contributed by atoms with Crippen LogP contribution in [-0.2, 0) is 6.54 Å². The number of rotatable bonds is 5. The third-order valence-corrected chi connectivity index (χ3v) is 4.50. The van der Waals surface area contributed by atoms with E-state index >= 15 is 0 Å². The number of hydrogen-bond donors (Lipinski definition) is 1. The van der Waals surface area contributed by atoms with E-state index in [9.17, 15) is 0 Å². The predicted molar refractivity (Wildman–Crippen MR) is 84.4 cm³/mol. The molecule has 19 heavy (non-hydrogen) atoms. The van der Waals surface area contributed by atoms with Crippen molar-refractivity contribution in [3.63, 3.8) is 0 Å². The van der Waals surface area contributed by atoms with E-state index in [1.807, 2.05) is 18.2 Å². The fourth-order valence-corrected chi connectivity index (χ4v) is 3.02. The minimum atomic E-state index is 0.590. The molecule has 2 aromatic rings. The SMILES string of the molecule is CCNCc1ccccc1Sc1ccc(Cl)c(Cl)c1. The second-order valence-electron chi connectivity index (χ2n) is 4.07. The average Bonchev–Trinajstić information content (AvgIpc) is 2.42. The van der Waals surface area contributed by atoms with Gasteiger partial charge in [0.2, 0.25) is 0 Å². The third kappa shape index (κ3) is 4.15. The molecule has 0 spiro atoms. The highest BCUT2D eigenvalue weighted by molar-refractivity contribution is 7.99. The summed E-state index contributed by atoms with van der Waals surface area (Å²) in [5, 5.41) is 4.53. The van der Waals surface area contributed by atoms with Gasteiger partial charge in [0.05, 0.1) is 10.0 Å². The van der Waals surface area contributed by atoms with Gasteiger partial charge in [-0.05, 0) is 36.4 Å². The zero-order chi connectivity index (χ0) is 13.7. The summed E-state index contributed by atoms with van der Waals surface area (Å²) in [6.45, 7) is 3.95. The Morgan fingerprint density at radius 3 is 2.58 bits per heavy atom. The number of hydrogen-bond acceptors (Lipinski definition) is 2. The van der Waals surface area contributed by atoms with Crippen molar-refractivity contribution < 1.29 is 0 Å². The molecule has 0 aliphatic carbocycles. The van der Waals surface area contributed by atoms with E-state index in [2.05, 4.69) is 36.5 Å². The van der Waals surface area contributed by atoms with E-state index in [-0.39, 0.29) is 0 Å². The van der Waals surface area contributed by atoms with Gasteiger partial charge >= 0.3 is 0 Å². The number of benzene rings is 2. The minimum Gasteiger partial charge on any atom is -0.313 e. The first kappa shape index (κ1) is 14.7. The lowest BCUT2D eigenvalue weighted by atomic mass is 10.2. The molecule has 0 radical (unpaired) electrons. The van der Waals surface area contributed by atoms with Crippen LogP contribution in [0.3, 0.4) is 0 Å². The molecule has 0 aromatic heterocycles. The molecule has 0 atom stereocenters. The van der Waals surface area contributed by atoms with Crippen LogP contribution in [-0.4, -0.2) is 6.54 Å². The lowest BCUT2D eigenvalue weighted by Gasteiger charge is -2.10. The van der Waals surface area contributed by atoms with Crippen LogP contribution in [0.5, 0.6) is 0 Å². The van der Waals surface area contributed by atoms with E-state index in [0.29, 0.717) is 10.0 Å². The quantitative estimate of drug-likeness (QED) is 0.809. The van der Waals surface area contributed by atoms with Crippen molar-refractivity contribution in [1.82, 2.24) is 5.32 Å². The molecule has 0 unspecified atom stereocenters. The molecule has 2 aromatic carbocycles. The van der Waals surface area contributed by atoms with Gasteiger partial charge in [0.25, 0.3) is 0 Å². The van der Waals surface area contributed by atoms with Gasteiger partial charge in [-0.2, -0.15) is 0 Å². The number of halogens is 2. The van der Waals surface area contributed by atoms with Crippen molar-refractivity contribution in [3.8, 4) is 0 Å². The van der Waals surface area contributed by atoms with E-state index in [0.717, 1.165) is 18.0 Å². The van der Waals surface area contributed by atoms with Gasteiger partial charge in [0.1, 0.15) is 0 Å². The van der Waals surface area contributed by atoms with Gasteiger partial charge in [-0.25, -0.2) is 0 Å². The Bertz CT molecular complexity index is 558. The van der Waals surface area contributed by atoms with Crippen molar-refractivity contribution >= 4 is 35.0 Å². The van der Waals surface area contributed by atoms with E-state index < -0.39 is 0 Å². The minimum absolute atomic E-state index is 0.590. The van der Waals surface area contributed by atoms with Crippen molar-refractivity contribution in [1.29, 1.82) is 0 Å². The van der Waals surface area contributed by atoms with Crippen molar-refractivity contribution in [2.24, 2.45) is 0 Å². The molecule has 0 heterocycles. The molecule has 4 heteroatoms. The molecule has 0 bridgehead atoms. The summed E-state index contributed by atoms with van der Waals surface area (Å²) >= 11 is 13.7. The second kappa shape index (κ2) is 7.20. The summed E-state index contributed by atoms with van der Waals surface area (Å²) in [6.07, 6.45) is 0. The molecular formula is C15H15Cl2NS.